The molecule has 0 radical (unpaired) electrons. The van der Waals surface area contributed by atoms with Crippen molar-refractivity contribution in [3.63, 3.8) is 0 Å². The summed E-state index contributed by atoms with van der Waals surface area (Å²) < 4.78 is 5.32. The first-order valence-corrected chi connectivity index (χ1v) is 7.97. The second-order valence-electron chi connectivity index (χ2n) is 5.80. The Labute approximate surface area is 134 Å². The number of fused-ring (bicyclic) bond motifs is 1. The van der Waals surface area contributed by atoms with Gasteiger partial charge in [0.2, 0.25) is 0 Å². The number of rotatable bonds is 5. The molecule has 0 unspecified atom stereocenters. The van der Waals surface area contributed by atoms with Gasteiger partial charge >= 0.3 is 5.97 Å². The van der Waals surface area contributed by atoms with Crippen molar-refractivity contribution >= 4 is 17.8 Å². The largest absolute Gasteiger partial charge is 0.462 e. The number of imide groups is 1. The predicted molar refractivity (Wildman–Crippen MR) is 83.7 cm³/mol. The molecule has 2 amide bonds. The summed E-state index contributed by atoms with van der Waals surface area (Å²) in [6, 6.07) is 5.10. The first-order chi connectivity index (χ1) is 11.1. The van der Waals surface area contributed by atoms with Crippen LogP contribution in [0, 0.1) is 0 Å². The summed E-state index contributed by atoms with van der Waals surface area (Å²) in [5, 5.41) is 0. The maximum Gasteiger partial charge on any atom is 0.338 e. The minimum absolute atomic E-state index is 0.318. The van der Waals surface area contributed by atoms with Crippen LogP contribution in [-0.4, -0.2) is 29.3 Å². The van der Waals surface area contributed by atoms with E-state index in [4.69, 9.17) is 4.74 Å². The molecule has 1 aliphatic heterocycles. The molecule has 0 saturated heterocycles. The number of nitrogens with zero attached hydrogens (tertiary/aromatic N) is 1. The summed E-state index contributed by atoms with van der Waals surface area (Å²) in [7, 11) is 0. The van der Waals surface area contributed by atoms with Gasteiger partial charge in [-0.3, -0.25) is 14.5 Å². The van der Waals surface area contributed by atoms with Crippen LogP contribution < -0.4 is 0 Å². The lowest BCUT2D eigenvalue weighted by molar-refractivity contribution is -0.139. The van der Waals surface area contributed by atoms with E-state index in [1.165, 1.54) is 17.1 Å². The van der Waals surface area contributed by atoms with Crippen molar-refractivity contribution in [2.45, 2.75) is 38.6 Å². The number of hydrogen-bond donors (Lipinski definition) is 0. The van der Waals surface area contributed by atoms with Crippen molar-refractivity contribution < 1.29 is 19.1 Å². The van der Waals surface area contributed by atoms with E-state index in [2.05, 4.69) is 0 Å². The minimum atomic E-state index is -0.380. The molecule has 0 fully saturated rings. The Kier molecular flexibility index (Phi) is 4.28. The summed E-state index contributed by atoms with van der Waals surface area (Å²) in [5.41, 5.74) is 2.24. The van der Waals surface area contributed by atoms with Crippen LogP contribution in [0.5, 0.6) is 0 Å². The Balaban J connectivity index is 1.90. The van der Waals surface area contributed by atoms with Gasteiger partial charge in [-0.25, -0.2) is 4.79 Å². The number of carbonyl (C=O) groups is 3. The molecule has 120 valence electrons. The van der Waals surface area contributed by atoms with E-state index in [0.29, 0.717) is 18.6 Å². The topological polar surface area (TPSA) is 63.7 Å². The number of unbranched alkanes of at least 4 members (excludes halogenated alkanes) is 1. The third-order valence-corrected chi connectivity index (χ3v) is 4.32. The lowest BCUT2D eigenvalue weighted by atomic mass is 10.00. The highest BCUT2D eigenvalue weighted by atomic mass is 16.5. The van der Waals surface area contributed by atoms with Gasteiger partial charge < -0.3 is 4.74 Å². The molecule has 3 rings (SSSR count). The van der Waals surface area contributed by atoms with Crippen molar-refractivity contribution in [1.29, 1.82) is 0 Å². The highest BCUT2D eigenvalue weighted by Gasteiger charge is 2.38. The highest BCUT2D eigenvalue weighted by molar-refractivity contribution is 6.13. The fourth-order valence-electron chi connectivity index (χ4n) is 3.20. The van der Waals surface area contributed by atoms with E-state index >= 15 is 0 Å². The molecule has 1 heterocycles. The lowest BCUT2D eigenvalue weighted by Gasteiger charge is -2.24. The minimum Gasteiger partial charge on any atom is -0.462 e. The van der Waals surface area contributed by atoms with Crippen molar-refractivity contribution in [2.75, 3.05) is 6.61 Å². The van der Waals surface area contributed by atoms with Gasteiger partial charge in [0.25, 0.3) is 11.8 Å². The molecule has 2 aliphatic rings. The monoisotopic (exact) mass is 313 g/mol. The van der Waals surface area contributed by atoms with Gasteiger partial charge in [-0.15, -0.1) is 0 Å². The van der Waals surface area contributed by atoms with Gasteiger partial charge in [-0.2, -0.15) is 0 Å². The Morgan fingerprint density at radius 2 is 2.00 bits per heavy atom. The van der Waals surface area contributed by atoms with Crippen LogP contribution in [0.3, 0.4) is 0 Å². The Bertz CT molecular complexity index is 674. The van der Waals surface area contributed by atoms with Crippen LogP contribution in [0.25, 0.3) is 0 Å². The maximum absolute atomic E-state index is 12.4. The molecule has 1 aliphatic carbocycles. The quantitative estimate of drug-likeness (QED) is 0.476. The number of benzene rings is 1. The number of carbonyl (C=O) groups excluding carboxylic acids is 3. The standard InChI is InChI=1S/C18H19NO4/c1-2-3-11-23-18(22)13-6-4-5-12-7-8-14(17(12)13)19-15(20)9-10-16(19)21/h4-6,9-10,14H,2-3,7-8,11H2,1H3/t14-/m0/s1. The first kappa shape index (κ1) is 15.5. The van der Waals surface area contributed by atoms with Gasteiger partial charge in [0.15, 0.2) is 0 Å². The maximum atomic E-state index is 12.4. The van der Waals surface area contributed by atoms with E-state index in [-0.39, 0.29) is 23.8 Å². The van der Waals surface area contributed by atoms with E-state index in [0.717, 1.165) is 30.4 Å². The van der Waals surface area contributed by atoms with E-state index < -0.39 is 0 Å². The predicted octanol–water partition coefficient (Wildman–Crippen LogP) is 2.56. The second kappa shape index (κ2) is 6.36. The molecule has 0 N–H and O–H groups in total. The number of hydrogen-bond acceptors (Lipinski definition) is 4. The second-order valence-corrected chi connectivity index (χ2v) is 5.80. The first-order valence-electron chi connectivity index (χ1n) is 7.97. The summed E-state index contributed by atoms with van der Waals surface area (Å²) in [4.78, 5) is 37.6. The van der Waals surface area contributed by atoms with E-state index in [1.54, 1.807) is 6.07 Å². The fourth-order valence-corrected chi connectivity index (χ4v) is 3.20. The molecule has 1 aromatic rings. The zero-order valence-electron chi connectivity index (χ0n) is 13.1. The Hall–Kier alpha value is -2.43. The van der Waals surface area contributed by atoms with Crippen LogP contribution in [0.2, 0.25) is 0 Å². The van der Waals surface area contributed by atoms with Gasteiger partial charge in [-0.05, 0) is 36.5 Å². The summed E-state index contributed by atoms with van der Waals surface area (Å²) in [5.74, 6) is -1.02. The molecule has 23 heavy (non-hydrogen) atoms. The third kappa shape index (κ3) is 2.79. The molecule has 1 atom stereocenters. The number of ether oxygens (including phenoxy) is 1. The van der Waals surface area contributed by atoms with Gasteiger partial charge in [0, 0.05) is 12.2 Å². The molecular formula is C18H19NO4. The van der Waals surface area contributed by atoms with Crippen molar-refractivity contribution in [3.8, 4) is 0 Å². The fraction of sp³-hybridized carbons (Fsp3) is 0.389. The molecule has 5 heteroatoms. The molecule has 5 nitrogen and oxygen atoms in total. The summed E-state index contributed by atoms with van der Waals surface area (Å²) in [6.07, 6.45) is 5.72. The average molecular weight is 313 g/mol. The summed E-state index contributed by atoms with van der Waals surface area (Å²) >= 11 is 0. The molecule has 0 aromatic heterocycles. The molecule has 0 bridgehead atoms. The van der Waals surface area contributed by atoms with Crippen LogP contribution in [0.1, 0.15) is 53.7 Å². The van der Waals surface area contributed by atoms with Crippen LogP contribution in [0.15, 0.2) is 30.4 Å². The van der Waals surface area contributed by atoms with Gasteiger partial charge in [-0.1, -0.05) is 25.5 Å². The molecule has 0 saturated carbocycles. The Morgan fingerprint density at radius 1 is 1.26 bits per heavy atom. The number of esters is 1. The average Bonchev–Trinajstić information content (AvgIpc) is 3.10. The van der Waals surface area contributed by atoms with Crippen molar-refractivity contribution in [3.05, 3.63) is 47.0 Å². The zero-order valence-corrected chi connectivity index (χ0v) is 13.1. The van der Waals surface area contributed by atoms with Crippen LogP contribution in [0.4, 0.5) is 0 Å². The van der Waals surface area contributed by atoms with Crippen LogP contribution in [-0.2, 0) is 20.7 Å². The van der Waals surface area contributed by atoms with Crippen molar-refractivity contribution in [1.82, 2.24) is 4.90 Å². The Morgan fingerprint density at radius 3 is 2.70 bits per heavy atom. The molecule has 0 spiro atoms. The third-order valence-electron chi connectivity index (χ3n) is 4.32. The van der Waals surface area contributed by atoms with Crippen molar-refractivity contribution in [2.24, 2.45) is 0 Å². The van der Waals surface area contributed by atoms with Gasteiger partial charge in [0.05, 0.1) is 18.2 Å². The smallest absolute Gasteiger partial charge is 0.338 e. The normalized spacial score (nSPS) is 19.3. The zero-order chi connectivity index (χ0) is 16.4. The SMILES string of the molecule is CCCCOC(=O)c1cccc2c1[C@@H](N1C(=O)C=CC1=O)CC2. The van der Waals surface area contributed by atoms with E-state index in [1.807, 2.05) is 19.1 Å². The highest BCUT2D eigenvalue weighted by Crippen LogP contribution is 2.39. The lowest BCUT2D eigenvalue weighted by Crippen LogP contribution is -2.34. The number of amides is 2. The molecular weight excluding hydrogens is 294 g/mol. The van der Waals surface area contributed by atoms with Crippen LogP contribution >= 0.6 is 0 Å². The molecule has 1 aromatic carbocycles. The van der Waals surface area contributed by atoms with Gasteiger partial charge in [0.1, 0.15) is 0 Å². The summed E-state index contributed by atoms with van der Waals surface area (Å²) in [6.45, 7) is 2.41. The number of aryl methyl sites for hydroxylation is 1. The van der Waals surface area contributed by atoms with E-state index in [9.17, 15) is 14.4 Å².